The molecular weight excluding hydrogens is 310 g/mol. The van der Waals surface area contributed by atoms with Crippen molar-refractivity contribution in [3.05, 3.63) is 53.0 Å². The largest absolute Gasteiger partial charge is 0.488 e. The first-order valence-electron chi connectivity index (χ1n) is 7.54. The van der Waals surface area contributed by atoms with Gasteiger partial charge in [-0.25, -0.2) is 4.79 Å². The number of furan rings is 1. The summed E-state index contributed by atoms with van der Waals surface area (Å²) in [5.74, 6) is -0.965. The molecule has 1 heterocycles. The van der Waals surface area contributed by atoms with Gasteiger partial charge in [0.2, 0.25) is 0 Å². The number of aryl methyl sites for hydroxylation is 1. The van der Waals surface area contributed by atoms with Crippen LogP contribution in [0.25, 0.3) is 0 Å². The summed E-state index contributed by atoms with van der Waals surface area (Å²) >= 11 is 0. The van der Waals surface area contributed by atoms with Crippen molar-refractivity contribution in [1.82, 2.24) is 5.32 Å². The molecule has 0 radical (unpaired) electrons. The molecule has 0 bridgehead atoms. The molecular formula is C18H21NO5. The van der Waals surface area contributed by atoms with Gasteiger partial charge in [0.05, 0.1) is 5.56 Å². The summed E-state index contributed by atoms with van der Waals surface area (Å²) in [4.78, 5) is 22.9. The number of rotatable bonds is 5. The van der Waals surface area contributed by atoms with Gasteiger partial charge >= 0.3 is 5.97 Å². The lowest BCUT2D eigenvalue weighted by Gasteiger charge is -2.23. The molecule has 2 aromatic rings. The molecule has 0 unspecified atom stereocenters. The summed E-state index contributed by atoms with van der Waals surface area (Å²) in [6, 6.07) is 6.94. The van der Waals surface area contributed by atoms with Crippen molar-refractivity contribution in [2.45, 2.75) is 39.8 Å². The van der Waals surface area contributed by atoms with Crippen molar-refractivity contribution in [3.8, 4) is 5.75 Å². The van der Waals surface area contributed by atoms with Crippen molar-refractivity contribution in [2.24, 2.45) is 0 Å². The maximum Gasteiger partial charge on any atom is 0.338 e. The summed E-state index contributed by atoms with van der Waals surface area (Å²) in [6.07, 6.45) is 1.04. The second kappa shape index (κ2) is 6.78. The first-order valence-corrected chi connectivity index (χ1v) is 7.54. The molecule has 128 valence electrons. The average molecular weight is 331 g/mol. The molecule has 6 nitrogen and oxygen atoms in total. The van der Waals surface area contributed by atoms with Crippen LogP contribution < -0.4 is 10.1 Å². The Hall–Kier alpha value is -2.76. The molecule has 1 aromatic carbocycles. The number of hydrogen-bond acceptors (Lipinski definition) is 4. The summed E-state index contributed by atoms with van der Waals surface area (Å²) < 4.78 is 10.9. The predicted molar refractivity (Wildman–Crippen MR) is 88.4 cm³/mol. The molecule has 0 aliphatic rings. The zero-order valence-corrected chi connectivity index (χ0v) is 14.2. The van der Waals surface area contributed by atoms with Gasteiger partial charge in [0, 0.05) is 18.2 Å². The highest BCUT2D eigenvalue weighted by Gasteiger charge is 2.17. The van der Waals surface area contributed by atoms with E-state index in [9.17, 15) is 9.59 Å². The van der Waals surface area contributed by atoms with Crippen LogP contribution >= 0.6 is 0 Å². The number of aromatic carboxylic acids is 1. The normalized spacial score (nSPS) is 11.2. The third kappa shape index (κ3) is 4.62. The van der Waals surface area contributed by atoms with E-state index < -0.39 is 11.9 Å². The number of nitrogens with one attached hydrogen (secondary N) is 1. The van der Waals surface area contributed by atoms with E-state index in [0.29, 0.717) is 5.75 Å². The molecule has 6 heteroatoms. The van der Waals surface area contributed by atoms with Gasteiger partial charge in [0.25, 0.3) is 5.91 Å². The van der Waals surface area contributed by atoms with E-state index in [-0.39, 0.29) is 23.5 Å². The maximum atomic E-state index is 12.1. The van der Waals surface area contributed by atoms with Crippen LogP contribution in [0.15, 0.2) is 34.9 Å². The fourth-order valence-corrected chi connectivity index (χ4v) is 2.06. The highest BCUT2D eigenvalue weighted by atomic mass is 16.5. The molecule has 0 atom stereocenters. The van der Waals surface area contributed by atoms with Crippen LogP contribution in [0.2, 0.25) is 0 Å². The summed E-state index contributed by atoms with van der Waals surface area (Å²) in [5.41, 5.74) is 1.46. The van der Waals surface area contributed by atoms with Gasteiger partial charge in [-0.1, -0.05) is 12.1 Å². The number of benzene rings is 1. The molecule has 0 aliphatic heterocycles. The SMILES string of the molecule is Cc1ccc(CNC(=O)c2cc(C(=O)O)co2)c(OC(C)(C)C)c1. The molecule has 1 amide bonds. The van der Waals surface area contributed by atoms with E-state index in [1.54, 1.807) is 0 Å². The molecule has 0 aliphatic carbocycles. The lowest BCUT2D eigenvalue weighted by Crippen LogP contribution is -2.26. The Balaban J connectivity index is 2.10. The minimum absolute atomic E-state index is 0.0437. The lowest BCUT2D eigenvalue weighted by molar-refractivity contribution is 0.0695. The van der Waals surface area contributed by atoms with Gasteiger partial charge in [-0.15, -0.1) is 0 Å². The zero-order chi connectivity index (χ0) is 17.9. The summed E-state index contributed by atoms with van der Waals surface area (Å²) in [5, 5.41) is 11.6. The van der Waals surface area contributed by atoms with Gasteiger partial charge in [0.15, 0.2) is 5.76 Å². The third-order valence-electron chi connectivity index (χ3n) is 3.15. The van der Waals surface area contributed by atoms with Crippen LogP contribution in [-0.4, -0.2) is 22.6 Å². The minimum Gasteiger partial charge on any atom is -0.488 e. The molecule has 0 spiro atoms. The fourth-order valence-electron chi connectivity index (χ4n) is 2.06. The van der Waals surface area contributed by atoms with E-state index >= 15 is 0 Å². The van der Waals surface area contributed by atoms with E-state index in [1.807, 2.05) is 45.9 Å². The standard InChI is InChI=1S/C18H21NO5/c1-11-5-6-12(14(7-11)24-18(2,3)4)9-19-16(20)15-8-13(10-23-15)17(21)22/h5-8,10H,9H2,1-4H3,(H,19,20)(H,21,22). The van der Waals surface area contributed by atoms with Gasteiger partial charge < -0.3 is 19.6 Å². The van der Waals surface area contributed by atoms with Crippen LogP contribution in [0.3, 0.4) is 0 Å². The van der Waals surface area contributed by atoms with E-state index in [2.05, 4.69) is 5.32 Å². The second-order valence-corrected chi connectivity index (χ2v) is 6.51. The highest BCUT2D eigenvalue weighted by Crippen LogP contribution is 2.24. The average Bonchev–Trinajstić information content (AvgIpc) is 2.94. The van der Waals surface area contributed by atoms with Crippen LogP contribution in [0.5, 0.6) is 5.75 Å². The van der Waals surface area contributed by atoms with E-state index in [0.717, 1.165) is 17.4 Å². The van der Waals surface area contributed by atoms with Gasteiger partial charge in [-0.2, -0.15) is 0 Å². The number of ether oxygens (including phenoxy) is 1. The van der Waals surface area contributed by atoms with Crippen LogP contribution in [0.4, 0.5) is 0 Å². The van der Waals surface area contributed by atoms with E-state index in [1.165, 1.54) is 6.07 Å². The smallest absolute Gasteiger partial charge is 0.338 e. The van der Waals surface area contributed by atoms with Gasteiger partial charge in [-0.05, 0) is 39.3 Å². The van der Waals surface area contributed by atoms with Crippen molar-refractivity contribution in [1.29, 1.82) is 0 Å². The monoisotopic (exact) mass is 331 g/mol. The third-order valence-corrected chi connectivity index (χ3v) is 3.15. The van der Waals surface area contributed by atoms with Crippen LogP contribution in [-0.2, 0) is 6.54 Å². The topological polar surface area (TPSA) is 88.8 Å². The number of carbonyl (C=O) groups is 2. The Morgan fingerprint density at radius 2 is 1.96 bits per heavy atom. The second-order valence-electron chi connectivity index (χ2n) is 6.51. The highest BCUT2D eigenvalue weighted by molar-refractivity contribution is 5.95. The predicted octanol–water partition coefficient (Wildman–Crippen LogP) is 3.39. The molecule has 2 rings (SSSR count). The Morgan fingerprint density at radius 1 is 1.25 bits per heavy atom. The van der Waals surface area contributed by atoms with Crippen LogP contribution in [0, 0.1) is 6.92 Å². The summed E-state index contributed by atoms with van der Waals surface area (Å²) in [6.45, 7) is 8.07. The van der Waals surface area contributed by atoms with Crippen molar-refractivity contribution >= 4 is 11.9 Å². The Bertz CT molecular complexity index is 755. The van der Waals surface area contributed by atoms with Gasteiger partial charge in [0.1, 0.15) is 17.6 Å². The number of amides is 1. The quantitative estimate of drug-likeness (QED) is 0.876. The fraction of sp³-hybridized carbons (Fsp3) is 0.333. The van der Waals surface area contributed by atoms with Crippen LogP contribution in [0.1, 0.15) is 52.8 Å². The molecule has 0 saturated heterocycles. The maximum absolute atomic E-state index is 12.1. The first kappa shape index (κ1) is 17.6. The number of carboxylic acid groups (broad SMARTS) is 1. The molecule has 0 fully saturated rings. The zero-order valence-electron chi connectivity index (χ0n) is 14.2. The number of carbonyl (C=O) groups excluding carboxylic acids is 1. The van der Waals surface area contributed by atoms with Crippen molar-refractivity contribution in [2.75, 3.05) is 0 Å². The molecule has 2 N–H and O–H groups in total. The van der Waals surface area contributed by atoms with E-state index in [4.69, 9.17) is 14.3 Å². The summed E-state index contributed by atoms with van der Waals surface area (Å²) in [7, 11) is 0. The minimum atomic E-state index is -1.14. The van der Waals surface area contributed by atoms with Crippen molar-refractivity contribution < 1.29 is 23.8 Å². The lowest BCUT2D eigenvalue weighted by atomic mass is 10.1. The number of carboxylic acids is 1. The molecule has 1 aromatic heterocycles. The molecule has 0 saturated carbocycles. The molecule has 24 heavy (non-hydrogen) atoms. The first-order chi connectivity index (χ1) is 11.2. The Labute approximate surface area is 140 Å². The van der Waals surface area contributed by atoms with Gasteiger partial charge in [-0.3, -0.25) is 4.79 Å². The Morgan fingerprint density at radius 3 is 2.54 bits per heavy atom. The number of hydrogen-bond donors (Lipinski definition) is 2. The van der Waals surface area contributed by atoms with Crippen molar-refractivity contribution in [3.63, 3.8) is 0 Å². The Kier molecular flexibility index (Phi) is 4.97.